The molecule has 0 amide bonds. The summed E-state index contributed by atoms with van der Waals surface area (Å²) in [6.07, 6.45) is 2.76. The lowest BCUT2D eigenvalue weighted by atomic mass is 10.0. The molecule has 34 heavy (non-hydrogen) atoms. The van der Waals surface area contributed by atoms with Crippen LogP contribution in [-0.4, -0.2) is 21.9 Å². The van der Waals surface area contributed by atoms with E-state index in [4.69, 9.17) is 15.3 Å². The third kappa shape index (κ3) is 5.90. The van der Waals surface area contributed by atoms with Gasteiger partial charge >= 0.3 is 5.56 Å². The number of benzene rings is 2. The Balaban J connectivity index is 1.99. The minimum atomic E-state index is -0.334. The Morgan fingerprint density at radius 3 is 2.56 bits per heavy atom. The lowest BCUT2D eigenvalue weighted by Crippen LogP contribution is -2.27. The maximum atomic E-state index is 13.0. The van der Waals surface area contributed by atoms with Crippen LogP contribution in [0.4, 0.5) is 23.1 Å². The van der Waals surface area contributed by atoms with Gasteiger partial charge in [-0.05, 0) is 61.2 Å². The van der Waals surface area contributed by atoms with E-state index in [0.29, 0.717) is 42.1 Å². The van der Waals surface area contributed by atoms with Gasteiger partial charge in [-0.1, -0.05) is 19.4 Å². The van der Waals surface area contributed by atoms with Gasteiger partial charge in [0, 0.05) is 18.7 Å². The quantitative estimate of drug-likeness (QED) is 0.453. The maximum absolute atomic E-state index is 13.0. The highest BCUT2D eigenvalue weighted by Gasteiger charge is 2.15. The van der Waals surface area contributed by atoms with Crippen molar-refractivity contribution in [2.24, 2.45) is 0 Å². The number of unbranched alkanes of at least 4 members (excludes halogenated alkanes) is 1. The molecule has 9 nitrogen and oxygen atoms in total. The summed E-state index contributed by atoms with van der Waals surface area (Å²) in [4.78, 5) is 17.4. The SMILES string of the molecule is CCCCn1nc(Nc2c(C)cc(CCC#N)cc2OC)nc(Nc2ccc(C#N)cc2)c1=O. The smallest absolute Gasteiger partial charge is 0.309 e. The van der Waals surface area contributed by atoms with Crippen LogP contribution in [0.3, 0.4) is 0 Å². The molecule has 0 aliphatic rings. The zero-order chi connectivity index (χ0) is 24.5. The van der Waals surface area contributed by atoms with Crippen molar-refractivity contribution in [1.29, 1.82) is 10.5 Å². The lowest BCUT2D eigenvalue weighted by molar-refractivity contribution is 0.416. The third-order valence-corrected chi connectivity index (χ3v) is 5.21. The number of nitriles is 2. The first-order chi connectivity index (χ1) is 16.5. The van der Waals surface area contributed by atoms with Gasteiger partial charge in [0.05, 0.1) is 30.5 Å². The minimum absolute atomic E-state index is 0.126. The Bertz CT molecular complexity index is 1280. The first-order valence-corrected chi connectivity index (χ1v) is 11.1. The molecule has 2 aromatic carbocycles. The van der Waals surface area contributed by atoms with Gasteiger partial charge in [0.1, 0.15) is 5.75 Å². The number of hydrogen-bond acceptors (Lipinski definition) is 8. The molecule has 0 bridgehead atoms. The summed E-state index contributed by atoms with van der Waals surface area (Å²) in [6.45, 7) is 4.44. The predicted molar refractivity (Wildman–Crippen MR) is 131 cm³/mol. The first-order valence-electron chi connectivity index (χ1n) is 11.1. The summed E-state index contributed by atoms with van der Waals surface area (Å²) in [6, 6.07) is 14.9. The van der Waals surface area contributed by atoms with Crippen molar-refractivity contribution < 1.29 is 4.74 Å². The molecule has 0 aliphatic carbocycles. The van der Waals surface area contributed by atoms with Gasteiger partial charge in [-0.3, -0.25) is 4.79 Å². The van der Waals surface area contributed by atoms with Crippen LogP contribution in [0, 0.1) is 29.6 Å². The topological polar surface area (TPSA) is 129 Å². The van der Waals surface area contributed by atoms with Crippen LogP contribution in [0.15, 0.2) is 41.2 Å². The van der Waals surface area contributed by atoms with E-state index in [9.17, 15) is 4.79 Å². The van der Waals surface area contributed by atoms with E-state index >= 15 is 0 Å². The van der Waals surface area contributed by atoms with Crippen molar-refractivity contribution in [3.63, 3.8) is 0 Å². The van der Waals surface area contributed by atoms with Gasteiger partial charge < -0.3 is 15.4 Å². The second kappa shape index (κ2) is 11.5. The number of nitrogens with one attached hydrogen (secondary N) is 2. The molecular formula is C25H27N7O2. The van der Waals surface area contributed by atoms with E-state index in [0.717, 1.165) is 24.0 Å². The Kier molecular flexibility index (Phi) is 8.20. The van der Waals surface area contributed by atoms with Crippen molar-refractivity contribution in [2.75, 3.05) is 17.7 Å². The Morgan fingerprint density at radius 1 is 1.15 bits per heavy atom. The molecule has 0 radical (unpaired) electrons. The first kappa shape index (κ1) is 24.3. The molecule has 0 fully saturated rings. The van der Waals surface area contributed by atoms with E-state index in [1.54, 1.807) is 31.4 Å². The summed E-state index contributed by atoms with van der Waals surface area (Å²) in [5.41, 5.74) is 3.42. The van der Waals surface area contributed by atoms with Crippen LogP contribution in [0.2, 0.25) is 0 Å². The highest BCUT2D eigenvalue weighted by atomic mass is 16.5. The van der Waals surface area contributed by atoms with E-state index in [-0.39, 0.29) is 17.3 Å². The number of anilines is 4. The molecule has 174 valence electrons. The van der Waals surface area contributed by atoms with Crippen LogP contribution in [0.25, 0.3) is 0 Å². The number of hydrogen-bond donors (Lipinski definition) is 2. The zero-order valence-electron chi connectivity index (χ0n) is 19.6. The normalized spacial score (nSPS) is 10.3. The number of rotatable bonds is 10. The Labute approximate surface area is 198 Å². The molecule has 3 rings (SSSR count). The van der Waals surface area contributed by atoms with Gasteiger partial charge in [0.2, 0.25) is 11.8 Å². The Morgan fingerprint density at radius 2 is 1.91 bits per heavy atom. The van der Waals surface area contributed by atoms with Gasteiger partial charge in [-0.15, -0.1) is 5.10 Å². The molecule has 0 unspecified atom stereocenters. The number of nitrogens with zero attached hydrogens (tertiary/aromatic N) is 5. The summed E-state index contributed by atoms with van der Waals surface area (Å²) in [5, 5.41) is 28.6. The summed E-state index contributed by atoms with van der Waals surface area (Å²) in [7, 11) is 1.58. The van der Waals surface area contributed by atoms with Gasteiger partial charge in [0.25, 0.3) is 0 Å². The summed E-state index contributed by atoms with van der Waals surface area (Å²) < 4.78 is 6.97. The highest BCUT2D eigenvalue weighted by Crippen LogP contribution is 2.32. The van der Waals surface area contributed by atoms with Crippen molar-refractivity contribution in [1.82, 2.24) is 14.8 Å². The molecule has 0 saturated carbocycles. The highest BCUT2D eigenvalue weighted by molar-refractivity contribution is 5.68. The minimum Gasteiger partial charge on any atom is -0.495 e. The van der Waals surface area contributed by atoms with Crippen LogP contribution in [0.1, 0.15) is 42.9 Å². The number of aryl methyl sites for hydroxylation is 3. The van der Waals surface area contributed by atoms with E-state index in [1.165, 1.54) is 4.68 Å². The Hall–Kier alpha value is -4.37. The average Bonchev–Trinajstić information content (AvgIpc) is 2.85. The van der Waals surface area contributed by atoms with E-state index < -0.39 is 0 Å². The van der Waals surface area contributed by atoms with Crippen LogP contribution >= 0.6 is 0 Å². The third-order valence-electron chi connectivity index (χ3n) is 5.21. The monoisotopic (exact) mass is 457 g/mol. The van der Waals surface area contributed by atoms with Crippen molar-refractivity contribution >= 4 is 23.1 Å². The molecule has 0 spiro atoms. The number of methoxy groups -OCH3 is 1. The van der Waals surface area contributed by atoms with E-state index in [2.05, 4.69) is 32.9 Å². The molecule has 9 heteroatoms. The largest absolute Gasteiger partial charge is 0.495 e. The zero-order valence-corrected chi connectivity index (χ0v) is 19.6. The van der Waals surface area contributed by atoms with Crippen LogP contribution in [0.5, 0.6) is 5.75 Å². The fraction of sp³-hybridized carbons (Fsp3) is 0.320. The molecule has 1 heterocycles. The van der Waals surface area contributed by atoms with Crippen molar-refractivity contribution in [2.45, 2.75) is 46.1 Å². The van der Waals surface area contributed by atoms with Crippen molar-refractivity contribution in [3.05, 3.63) is 63.4 Å². The maximum Gasteiger partial charge on any atom is 0.309 e. The van der Waals surface area contributed by atoms with Crippen molar-refractivity contribution in [3.8, 4) is 17.9 Å². The molecule has 0 saturated heterocycles. The standard InChI is InChI=1S/C25H27N7O2/c1-4-5-13-32-24(33)23(28-20-10-8-18(16-27)9-11-20)30-25(31-32)29-22-17(2)14-19(7-6-12-26)15-21(22)34-3/h8-11,14-15H,4-7,13H2,1-3H3,(H2,28,29,30,31). The van der Waals surface area contributed by atoms with Gasteiger partial charge in [0.15, 0.2) is 0 Å². The van der Waals surface area contributed by atoms with Crippen LogP contribution < -0.4 is 20.9 Å². The molecule has 0 aliphatic heterocycles. The number of aromatic nitrogens is 3. The molecule has 3 aromatic rings. The lowest BCUT2D eigenvalue weighted by Gasteiger charge is -2.16. The molecular weight excluding hydrogens is 430 g/mol. The predicted octanol–water partition coefficient (Wildman–Crippen LogP) is 4.57. The number of ether oxygens (including phenoxy) is 1. The van der Waals surface area contributed by atoms with Gasteiger partial charge in [-0.25, -0.2) is 4.68 Å². The van der Waals surface area contributed by atoms with Gasteiger partial charge in [-0.2, -0.15) is 15.5 Å². The van der Waals surface area contributed by atoms with Crippen LogP contribution in [-0.2, 0) is 13.0 Å². The second-order valence-corrected chi connectivity index (χ2v) is 7.75. The second-order valence-electron chi connectivity index (χ2n) is 7.75. The summed E-state index contributed by atoms with van der Waals surface area (Å²) >= 11 is 0. The summed E-state index contributed by atoms with van der Waals surface area (Å²) in [5.74, 6) is 0.975. The van der Waals surface area contributed by atoms with E-state index in [1.807, 2.05) is 26.0 Å². The molecule has 1 aromatic heterocycles. The fourth-order valence-corrected chi connectivity index (χ4v) is 3.42. The molecule has 0 atom stereocenters. The average molecular weight is 458 g/mol. The molecule has 2 N–H and O–H groups in total. The fourth-order valence-electron chi connectivity index (χ4n) is 3.42.